The molecule has 0 bridgehead atoms. The lowest BCUT2D eigenvalue weighted by molar-refractivity contribution is -0.114. The zero-order valence-electron chi connectivity index (χ0n) is 18.6. The maximum Gasteiger partial charge on any atom is 0.335 e. The van der Waals surface area contributed by atoms with Gasteiger partial charge in [-0.2, -0.15) is 15.1 Å². The zero-order valence-corrected chi connectivity index (χ0v) is 19.5. The van der Waals surface area contributed by atoms with Gasteiger partial charge in [-0.25, -0.2) is 4.79 Å². The molecule has 0 aliphatic carbocycles. The molecule has 2 aliphatic heterocycles. The van der Waals surface area contributed by atoms with Crippen LogP contribution in [0.2, 0.25) is 0 Å². The number of amides is 1. The first-order chi connectivity index (χ1) is 16.9. The first kappa shape index (κ1) is 22.5. The summed E-state index contributed by atoms with van der Waals surface area (Å²) in [4.78, 5) is 28.2. The normalized spacial score (nSPS) is 17.3. The summed E-state index contributed by atoms with van der Waals surface area (Å²) in [5, 5.41) is 25.0. The van der Waals surface area contributed by atoms with Crippen LogP contribution < -0.4 is 0 Å². The molecular formula is C26H20N4O4S. The number of carboxylic acid groups (broad SMARTS) is 1. The SMILES string of the molecule is CC[C@H](C1=NN2C(=N)/C(=C\c3ccc(-c4cccc(C(=O)O)c4)o3)C(=O)N=C2S1)c1ccccc1. The van der Waals surface area contributed by atoms with Crippen molar-refractivity contribution in [3.05, 3.63) is 89.2 Å². The summed E-state index contributed by atoms with van der Waals surface area (Å²) in [6.45, 7) is 2.07. The van der Waals surface area contributed by atoms with Gasteiger partial charge in [0.15, 0.2) is 5.84 Å². The van der Waals surface area contributed by atoms with E-state index in [-0.39, 0.29) is 22.9 Å². The Hall–Kier alpha value is -4.24. The van der Waals surface area contributed by atoms with Crippen molar-refractivity contribution in [3.8, 4) is 11.3 Å². The van der Waals surface area contributed by atoms with E-state index in [1.54, 1.807) is 24.3 Å². The van der Waals surface area contributed by atoms with Crippen LogP contribution in [0.15, 0.2) is 86.8 Å². The van der Waals surface area contributed by atoms with Crippen molar-refractivity contribution in [1.29, 1.82) is 5.41 Å². The number of aromatic carboxylic acids is 1. The quantitative estimate of drug-likeness (QED) is 0.449. The van der Waals surface area contributed by atoms with Crippen LogP contribution in [0.5, 0.6) is 0 Å². The average Bonchev–Trinajstić information content (AvgIpc) is 3.50. The number of aliphatic imine (C=N–C) groups is 1. The van der Waals surface area contributed by atoms with E-state index in [1.165, 1.54) is 35.0 Å². The molecule has 5 rings (SSSR count). The van der Waals surface area contributed by atoms with Gasteiger partial charge in [0.25, 0.3) is 5.91 Å². The Morgan fingerprint density at radius 3 is 2.71 bits per heavy atom. The van der Waals surface area contributed by atoms with Crippen LogP contribution in [-0.4, -0.2) is 38.0 Å². The molecule has 174 valence electrons. The van der Waals surface area contributed by atoms with Crippen LogP contribution in [0, 0.1) is 5.41 Å². The molecule has 8 nitrogen and oxygen atoms in total. The summed E-state index contributed by atoms with van der Waals surface area (Å²) in [5.74, 6) is -0.806. The van der Waals surface area contributed by atoms with Crippen molar-refractivity contribution in [3.63, 3.8) is 0 Å². The van der Waals surface area contributed by atoms with Gasteiger partial charge < -0.3 is 9.52 Å². The molecule has 3 aromatic rings. The summed E-state index contributed by atoms with van der Waals surface area (Å²) in [7, 11) is 0. The van der Waals surface area contributed by atoms with Crippen LogP contribution in [0.3, 0.4) is 0 Å². The molecule has 9 heteroatoms. The van der Waals surface area contributed by atoms with Gasteiger partial charge in [-0.1, -0.05) is 49.4 Å². The number of nitrogens with zero attached hydrogens (tertiary/aromatic N) is 3. The van der Waals surface area contributed by atoms with Crippen molar-refractivity contribution in [2.45, 2.75) is 19.3 Å². The molecule has 35 heavy (non-hydrogen) atoms. The number of hydrazone groups is 1. The van der Waals surface area contributed by atoms with E-state index >= 15 is 0 Å². The van der Waals surface area contributed by atoms with Gasteiger partial charge in [0, 0.05) is 11.5 Å². The maximum absolute atomic E-state index is 12.8. The molecule has 1 aromatic heterocycles. The summed E-state index contributed by atoms with van der Waals surface area (Å²) in [5.41, 5.74) is 1.92. The van der Waals surface area contributed by atoms with Crippen LogP contribution >= 0.6 is 11.8 Å². The third kappa shape index (κ3) is 4.33. The van der Waals surface area contributed by atoms with Gasteiger partial charge in [-0.05, 0) is 54.1 Å². The zero-order chi connectivity index (χ0) is 24.5. The minimum Gasteiger partial charge on any atom is -0.478 e. The molecule has 2 N–H and O–H groups in total. The first-order valence-electron chi connectivity index (χ1n) is 10.9. The molecule has 3 heterocycles. The molecule has 2 aliphatic rings. The monoisotopic (exact) mass is 484 g/mol. The fraction of sp³-hybridized carbons (Fsp3) is 0.115. The number of carbonyl (C=O) groups is 2. The molecule has 1 amide bonds. The van der Waals surface area contributed by atoms with Crippen molar-refractivity contribution < 1.29 is 19.1 Å². The van der Waals surface area contributed by atoms with Gasteiger partial charge in [0.05, 0.1) is 11.1 Å². The van der Waals surface area contributed by atoms with Crippen molar-refractivity contribution in [1.82, 2.24) is 5.01 Å². The van der Waals surface area contributed by atoms with Gasteiger partial charge >= 0.3 is 5.97 Å². The largest absolute Gasteiger partial charge is 0.478 e. The maximum atomic E-state index is 12.8. The highest BCUT2D eigenvalue weighted by Crippen LogP contribution is 2.36. The average molecular weight is 485 g/mol. The second-order valence-electron chi connectivity index (χ2n) is 7.92. The van der Waals surface area contributed by atoms with Crippen LogP contribution in [0.25, 0.3) is 17.4 Å². The van der Waals surface area contributed by atoms with E-state index in [1.807, 2.05) is 30.3 Å². The molecule has 0 spiro atoms. The second-order valence-corrected chi connectivity index (χ2v) is 8.91. The van der Waals surface area contributed by atoms with E-state index in [4.69, 9.17) is 9.83 Å². The van der Waals surface area contributed by atoms with Crippen LogP contribution in [0.1, 0.15) is 40.9 Å². The van der Waals surface area contributed by atoms with Crippen molar-refractivity contribution >= 4 is 45.8 Å². The number of hydrogen-bond acceptors (Lipinski definition) is 6. The van der Waals surface area contributed by atoms with E-state index in [0.29, 0.717) is 22.3 Å². The second kappa shape index (κ2) is 9.19. The van der Waals surface area contributed by atoms with E-state index in [2.05, 4.69) is 17.0 Å². The highest BCUT2D eigenvalue weighted by molar-refractivity contribution is 8.27. The highest BCUT2D eigenvalue weighted by atomic mass is 32.2. The Bertz CT molecular complexity index is 1440. The number of benzene rings is 2. The number of thioether (sulfide) groups is 1. The predicted octanol–water partition coefficient (Wildman–Crippen LogP) is 5.46. The number of rotatable bonds is 6. The van der Waals surface area contributed by atoms with Gasteiger partial charge in [-0.3, -0.25) is 10.2 Å². The van der Waals surface area contributed by atoms with Gasteiger partial charge in [-0.15, -0.1) is 0 Å². The fourth-order valence-corrected chi connectivity index (χ4v) is 5.02. The van der Waals surface area contributed by atoms with Crippen LogP contribution in [-0.2, 0) is 4.79 Å². The molecule has 0 saturated heterocycles. The van der Waals surface area contributed by atoms with Gasteiger partial charge in [0.2, 0.25) is 5.17 Å². The number of carbonyl (C=O) groups excluding carboxylic acids is 1. The summed E-state index contributed by atoms with van der Waals surface area (Å²) >= 11 is 1.31. The molecular weight excluding hydrogens is 464 g/mol. The third-order valence-corrected chi connectivity index (χ3v) is 6.71. The molecule has 0 radical (unpaired) electrons. The topological polar surface area (TPSA) is 119 Å². The molecule has 1 atom stereocenters. The molecule has 2 aromatic carbocycles. The Morgan fingerprint density at radius 1 is 1.17 bits per heavy atom. The summed E-state index contributed by atoms with van der Waals surface area (Å²) in [6, 6.07) is 19.7. The predicted molar refractivity (Wildman–Crippen MR) is 136 cm³/mol. The van der Waals surface area contributed by atoms with Crippen LogP contribution in [0.4, 0.5) is 0 Å². The molecule has 0 saturated carbocycles. The Kier molecular flexibility index (Phi) is 5.92. The Labute approximate surface area is 205 Å². The first-order valence-corrected chi connectivity index (χ1v) is 11.7. The third-order valence-electron chi connectivity index (χ3n) is 5.69. The highest BCUT2D eigenvalue weighted by Gasteiger charge is 2.37. The Balaban J connectivity index is 1.42. The summed E-state index contributed by atoms with van der Waals surface area (Å²) in [6.07, 6.45) is 2.28. The lowest BCUT2D eigenvalue weighted by atomic mass is 9.98. The number of hydrogen-bond donors (Lipinski definition) is 2. The van der Waals surface area contributed by atoms with Crippen molar-refractivity contribution in [2.75, 3.05) is 0 Å². The smallest absolute Gasteiger partial charge is 0.335 e. The number of fused-ring (bicyclic) bond motifs is 1. The standard InChI is InChI=1S/C26H20N4O4S/c1-2-19(15-7-4-3-5-8-15)24-29-30-22(27)20(23(31)28-26(30)35-24)14-18-11-12-21(34-18)16-9-6-10-17(13-16)25(32)33/h3-14,19,27H,2H2,1H3,(H,32,33)/b20-14+,27-22?/t19-/m0/s1. The minimum atomic E-state index is -1.03. The lowest BCUT2D eigenvalue weighted by Crippen LogP contribution is -2.35. The number of carboxylic acids is 1. The summed E-state index contributed by atoms with van der Waals surface area (Å²) < 4.78 is 5.82. The number of furan rings is 1. The fourth-order valence-electron chi connectivity index (χ4n) is 3.92. The molecule has 0 fully saturated rings. The Morgan fingerprint density at radius 2 is 1.97 bits per heavy atom. The van der Waals surface area contributed by atoms with Crippen molar-refractivity contribution in [2.24, 2.45) is 10.1 Å². The van der Waals surface area contributed by atoms with E-state index in [0.717, 1.165) is 17.0 Å². The molecule has 0 unspecified atom stereocenters. The minimum absolute atomic E-state index is 0.0408. The number of amidine groups is 2. The lowest BCUT2D eigenvalue weighted by Gasteiger charge is -2.19. The number of nitrogens with one attached hydrogen (secondary N) is 1. The van der Waals surface area contributed by atoms with Gasteiger partial charge in [0.1, 0.15) is 16.6 Å². The van der Waals surface area contributed by atoms with E-state index < -0.39 is 11.9 Å². The van der Waals surface area contributed by atoms with E-state index in [9.17, 15) is 14.7 Å².